The first-order valence-electron chi connectivity index (χ1n) is 11.1. The lowest BCUT2D eigenvalue weighted by molar-refractivity contribution is -0.106. The molecule has 0 aromatic heterocycles. The Balaban J connectivity index is 1.49. The summed E-state index contributed by atoms with van der Waals surface area (Å²) >= 11 is 4.12. The molecule has 0 N–H and O–H groups in total. The van der Waals surface area contributed by atoms with Crippen molar-refractivity contribution < 1.29 is 9.53 Å². The molecule has 1 aromatic carbocycles. The summed E-state index contributed by atoms with van der Waals surface area (Å²) < 4.78 is 5.53. The van der Waals surface area contributed by atoms with Crippen molar-refractivity contribution >= 4 is 23.3 Å². The summed E-state index contributed by atoms with van der Waals surface area (Å²) in [5, 5.41) is -0.109. The number of likely N-dealkylation sites (tertiary alicyclic amines) is 1. The average molecular weight is 416 g/mol. The van der Waals surface area contributed by atoms with Crippen molar-refractivity contribution in [3.8, 4) is 0 Å². The van der Waals surface area contributed by atoms with E-state index >= 15 is 0 Å². The summed E-state index contributed by atoms with van der Waals surface area (Å²) in [7, 11) is 1.81. The minimum Gasteiger partial charge on any atom is -0.379 e. The number of piperidine rings is 1. The molecule has 1 aliphatic carbocycles. The van der Waals surface area contributed by atoms with Gasteiger partial charge in [0.25, 0.3) is 0 Å². The Morgan fingerprint density at radius 2 is 1.93 bits per heavy atom. The molecule has 1 aliphatic heterocycles. The quantitative estimate of drug-likeness (QED) is 0.540. The number of carbonyl (C=O) groups excluding carboxylic acids is 1. The maximum absolute atomic E-state index is 12.0. The molecule has 160 valence electrons. The summed E-state index contributed by atoms with van der Waals surface area (Å²) in [5.74, 6) is 0.749. The van der Waals surface area contributed by atoms with Gasteiger partial charge in [0.05, 0.1) is 5.60 Å². The third-order valence-corrected chi connectivity index (χ3v) is 7.36. The monoisotopic (exact) mass is 415 g/mol. The minimum atomic E-state index is -0.109. The van der Waals surface area contributed by atoms with E-state index in [1.54, 1.807) is 7.11 Å². The van der Waals surface area contributed by atoms with E-state index in [1.807, 2.05) is 6.07 Å². The number of hydrogen-bond donors (Lipinski definition) is 1. The largest absolute Gasteiger partial charge is 0.379 e. The van der Waals surface area contributed by atoms with Gasteiger partial charge in [-0.15, -0.1) is 12.6 Å². The fraction of sp³-hybridized carbons (Fsp3) is 0.640. The molecule has 3 nitrogen and oxygen atoms in total. The zero-order valence-electron chi connectivity index (χ0n) is 18.5. The average Bonchev–Trinajstić information content (AvgIpc) is 3.02. The third-order valence-electron chi connectivity index (χ3n) is 7.12. The number of ether oxygens (including phenoxy) is 1. The maximum Gasteiger partial charge on any atom is 0.216 e. The van der Waals surface area contributed by atoms with Crippen LogP contribution in [0.3, 0.4) is 0 Å². The highest BCUT2D eigenvalue weighted by atomic mass is 32.1. The standard InChI is InChI=1S/C25H37NO2S/c1-19(8-7-12-24(2,3)28-4)11-15-26-16-13-25(14-17-26)18-21(23(27)29)20-9-5-6-10-22(20)25/h5-6,9-10,18-19H,7-8,11-17H2,1-4H3,(H,27,29). The predicted molar refractivity (Wildman–Crippen MR) is 124 cm³/mol. The first-order valence-corrected chi connectivity index (χ1v) is 11.5. The van der Waals surface area contributed by atoms with Gasteiger partial charge in [-0.25, -0.2) is 0 Å². The molecule has 1 heterocycles. The topological polar surface area (TPSA) is 29.5 Å². The van der Waals surface area contributed by atoms with Crippen LogP contribution in [0.5, 0.6) is 0 Å². The number of hydrogen-bond acceptors (Lipinski definition) is 3. The van der Waals surface area contributed by atoms with Crippen molar-refractivity contribution in [1.29, 1.82) is 0 Å². The van der Waals surface area contributed by atoms with Crippen LogP contribution >= 0.6 is 12.6 Å². The Morgan fingerprint density at radius 1 is 1.24 bits per heavy atom. The van der Waals surface area contributed by atoms with Gasteiger partial charge in [0.2, 0.25) is 5.12 Å². The Bertz CT molecular complexity index is 747. The van der Waals surface area contributed by atoms with Gasteiger partial charge in [-0.05, 0) is 76.2 Å². The molecule has 1 fully saturated rings. The van der Waals surface area contributed by atoms with Crippen molar-refractivity contribution in [3.63, 3.8) is 0 Å². The molecule has 4 heteroatoms. The molecule has 0 radical (unpaired) electrons. The second kappa shape index (κ2) is 9.36. The smallest absolute Gasteiger partial charge is 0.216 e. The SMILES string of the molecule is COC(C)(C)CCCC(C)CCN1CCC2(C=C(C(=O)S)c3ccccc32)CC1. The number of rotatable bonds is 9. The zero-order chi connectivity index (χ0) is 21.1. The van der Waals surface area contributed by atoms with E-state index in [2.05, 4.69) is 62.6 Å². The van der Waals surface area contributed by atoms with E-state index in [0.717, 1.165) is 49.4 Å². The molecule has 29 heavy (non-hydrogen) atoms. The number of methoxy groups -OCH3 is 1. The summed E-state index contributed by atoms with van der Waals surface area (Å²) in [4.78, 5) is 14.6. The molecule has 1 spiro atoms. The van der Waals surface area contributed by atoms with Gasteiger partial charge >= 0.3 is 0 Å². The Kier molecular flexibility index (Phi) is 7.29. The molecule has 1 atom stereocenters. The zero-order valence-corrected chi connectivity index (χ0v) is 19.4. The van der Waals surface area contributed by atoms with Gasteiger partial charge in [0.15, 0.2) is 0 Å². The first-order chi connectivity index (χ1) is 13.8. The van der Waals surface area contributed by atoms with E-state index in [4.69, 9.17) is 4.74 Å². The second-order valence-corrected chi connectivity index (χ2v) is 10.1. The fourth-order valence-corrected chi connectivity index (χ4v) is 5.06. The number of thiol groups is 1. The van der Waals surface area contributed by atoms with Gasteiger partial charge < -0.3 is 9.64 Å². The highest BCUT2D eigenvalue weighted by Gasteiger charge is 2.41. The molecule has 3 rings (SSSR count). The van der Waals surface area contributed by atoms with Gasteiger partial charge in [-0.2, -0.15) is 0 Å². The molecule has 0 amide bonds. The lowest BCUT2D eigenvalue weighted by Crippen LogP contribution is -2.41. The normalized spacial score (nSPS) is 19.8. The molecular weight excluding hydrogens is 378 g/mol. The molecule has 0 saturated carbocycles. The number of nitrogens with zero attached hydrogens (tertiary/aromatic N) is 1. The van der Waals surface area contributed by atoms with Gasteiger partial charge in [0.1, 0.15) is 0 Å². The number of carbonyl (C=O) groups is 1. The van der Waals surface area contributed by atoms with Crippen LogP contribution < -0.4 is 0 Å². The Morgan fingerprint density at radius 3 is 2.59 bits per heavy atom. The molecule has 1 unspecified atom stereocenters. The molecule has 2 aliphatic rings. The minimum absolute atomic E-state index is 0.000745. The van der Waals surface area contributed by atoms with E-state index in [1.165, 1.54) is 31.4 Å². The highest BCUT2D eigenvalue weighted by Crippen LogP contribution is 2.47. The van der Waals surface area contributed by atoms with Crippen LogP contribution in [0.4, 0.5) is 0 Å². The Labute approximate surface area is 182 Å². The lowest BCUT2D eigenvalue weighted by Gasteiger charge is -2.39. The van der Waals surface area contributed by atoms with Crippen LogP contribution in [0, 0.1) is 5.92 Å². The van der Waals surface area contributed by atoms with Crippen molar-refractivity contribution in [1.82, 2.24) is 4.90 Å². The van der Waals surface area contributed by atoms with Crippen LogP contribution in [0.1, 0.15) is 70.4 Å². The second-order valence-electron chi connectivity index (χ2n) is 9.66. The van der Waals surface area contributed by atoms with Crippen LogP contribution in [-0.4, -0.2) is 42.4 Å². The third kappa shape index (κ3) is 5.34. The van der Waals surface area contributed by atoms with E-state index < -0.39 is 0 Å². The van der Waals surface area contributed by atoms with E-state index in [-0.39, 0.29) is 16.1 Å². The maximum atomic E-state index is 12.0. The molecular formula is C25H37NO2S. The summed E-state index contributed by atoms with van der Waals surface area (Å²) in [5.41, 5.74) is 3.24. The summed E-state index contributed by atoms with van der Waals surface area (Å²) in [6, 6.07) is 8.39. The summed E-state index contributed by atoms with van der Waals surface area (Å²) in [6.07, 6.45) is 9.27. The number of fused-ring (bicyclic) bond motifs is 2. The van der Waals surface area contributed by atoms with Crippen molar-refractivity contribution in [2.75, 3.05) is 26.7 Å². The fourth-order valence-electron chi connectivity index (χ4n) is 4.88. The van der Waals surface area contributed by atoms with E-state index in [9.17, 15) is 4.79 Å². The van der Waals surface area contributed by atoms with Crippen LogP contribution in [0.2, 0.25) is 0 Å². The van der Waals surface area contributed by atoms with Gasteiger partial charge in [0, 0.05) is 18.1 Å². The molecule has 1 aromatic rings. The summed E-state index contributed by atoms with van der Waals surface area (Å²) in [6.45, 7) is 10.1. The first kappa shape index (κ1) is 22.6. The van der Waals surface area contributed by atoms with Crippen molar-refractivity contribution in [3.05, 3.63) is 41.5 Å². The highest BCUT2D eigenvalue weighted by molar-refractivity contribution is 7.98. The number of benzene rings is 1. The van der Waals surface area contributed by atoms with Crippen LogP contribution in [0.25, 0.3) is 5.57 Å². The predicted octanol–water partition coefficient (Wildman–Crippen LogP) is 5.50. The molecule has 1 saturated heterocycles. The van der Waals surface area contributed by atoms with Crippen molar-refractivity contribution in [2.45, 2.75) is 70.3 Å². The Hall–Kier alpha value is -1.10. The van der Waals surface area contributed by atoms with E-state index in [0.29, 0.717) is 0 Å². The van der Waals surface area contributed by atoms with Crippen LogP contribution in [0.15, 0.2) is 30.3 Å². The van der Waals surface area contributed by atoms with Gasteiger partial charge in [-0.3, -0.25) is 4.79 Å². The van der Waals surface area contributed by atoms with Crippen molar-refractivity contribution in [2.24, 2.45) is 5.92 Å². The van der Waals surface area contributed by atoms with Gasteiger partial charge in [-0.1, -0.05) is 50.1 Å². The molecule has 0 bridgehead atoms. The lowest BCUT2D eigenvalue weighted by atomic mass is 9.74. The number of allylic oxidation sites excluding steroid dienone is 1. The van der Waals surface area contributed by atoms with Crippen LogP contribution in [-0.2, 0) is 14.9 Å².